The van der Waals surface area contributed by atoms with Crippen molar-refractivity contribution >= 4 is 40.0 Å². The number of nitrogens with zero attached hydrogens (tertiary/aromatic N) is 5. The van der Waals surface area contributed by atoms with Gasteiger partial charge in [-0.3, -0.25) is 4.79 Å². The zero-order valence-corrected chi connectivity index (χ0v) is 20.7. The third-order valence-electron chi connectivity index (χ3n) is 7.30. The number of carbonyl (C=O) groups is 2. The van der Waals surface area contributed by atoms with Gasteiger partial charge in [0.25, 0.3) is 5.91 Å². The molecule has 1 unspecified atom stereocenters. The van der Waals surface area contributed by atoms with E-state index >= 15 is 0 Å². The first-order chi connectivity index (χ1) is 17.4. The summed E-state index contributed by atoms with van der Waals surface area (Å²) in [5.74, 6) is 0.519. The third kappa shape index (κ3) is 4.07. The fourth-order valence-corrected chi connectivity index (χ4v) is 5.56. The number of rotatable bonds is 5. The van der Waals surface area contributed by atoms with Gasteiger partial charge in [0.05, 0.1) is 22.3 Å². The molecule has 1 aliphatic carbocycles. The van der Waals surface area contributed by atoms with Crippen molar-refractivity contribution in [3.63, 3.8) is 0 Å². The summed E-state index contributed by atoms with van der Waals surface area (Å²) in [5, 5.41) is 18.0. The number of aryl methyl sites for hydroxylation is 1. The lowest BCUT2D eigenvalue weighted by Gasteiger charge is -2.32. The molecule has 0 bridgehead atoms. The summed E-state index contributed by atoms with van der Waals surface area (Å²) in [6.45, 7) is 3.89. The van der Waals surface area contributed by atoms with Crippen LogP contribution in [0.5, 0.6) is 0 Å². The van der Waals surface area contributed by atoms with Crippen LogP contribution in [-0.4, -0.2) is 60.3 Å². The van der Waals surface area contributed by atoms with E-state index in [1.807, 2.05) is 25.1 Å². The molecule has 1 aliphatic heterocycles. The number of hydrogen-bond donors (Lipinski definition) is 2. The van der Waals surface area contributed by atoms with Gasteiger partial charge in [-0.05, 0) is 62.8 Å². The second-order valence-electron chi connectivity index (χ2n) is 9.88. The number of likely N-dealkylation sites (tertiary alicyclic amines) is 1. The van der Waals surface area contributed by atoms with E-state index in [2.05, 4.69) is 20.9 Å². The molecule has 9 nitrogen and oxygen atoms in total. The molecule has 6 rings (SSSR count). The monoisotopic (exact) mass is 506 g/mol. The molecule has 2 aliphatic rings. The maximum Gasteiger partial charge on any atom is 0.404 e. The van der Waals surface area contributed by atoms with Gasteiger partial charge in [-0.15, -0.1) is 0 Å². The summed E-state index contributed by atoms with van der Waals surface area (Å²) in [5.41, 5.74) is 5.27. The van der Waals surface area contributed by atoms with Crippen molar-refractivity contribution in [3.05, 3.63) is 52.9 Å². The van der Waals surface area contributed by atoms with Crippen molar-refractivity contribution < 1.29 is 14.7 Å². The van der Waals surface area contributed by atoms with E-state index in [0.717, 1.165) is 52.8 Å². The van der Waals surface area contributed by atoms with Crippen LogP contribution in [0.15, 0.2) is 36.7 Å². The van der Waals surface area contributed by atoms with Crippen molar-refractivity contribution in [2.24, 2.45) is 5.92 Å². The van der Waals surface area contributed by atoms with E-state index in [4.69, 9.17) is 21.8 Å². The highest BCUT2D eigenvalue weighted by Gasteiger charge is 2.28. The number of nitrogens with one attached hydrogen (secondary N) is 1. The number of piperidine rings is 1. The molecule has 1 saturated carbocycles. The summed E-state index contributed by atoms with van der Waals surface area (Å²) in [7, 11) is 0. The Balaban J connectivity index is 1.36. The number of hydrogen-bond acceptors (Lipinski definition) is 4. The number of pyridine rings is 2. The number of amides is 2. The fourth-order valence-electron chi connectivity index (χ4n) is 5.30. The second-order valence-corrected chi connectivity index (χ2v) is 10.2. The highest BCUT2D eigenvalue weighted by atomic mass is 35.5. The Hall–Kier alpha value is -3.59. The molecule has 5 heterocycles. The van der Waals surface area contributed by atoms with Crippen molar-refractivity contribution in [2.45, 2.75) is 45.2 Å². The molecular formula is C26H27ClN6O3. The highest BCUT2D eigenvalue weighted by molar-refractivity contribution is 6.34. The largest absolute Gasteiger partial charge is 0.465 e. The lowest BCUT2D eigenvalue weighted by Crippen LogP contribution is -2.49. The van der Waals surface area contributed by atoms with Gasteiger partial charge in [0, 0.05) is 49.0 Å². The van der Waals surface area contributed by atoms with Gasteiger partial charge in [0.1, 0.15) is 5.69 Å². The molecule has 36 heavy (non-hydrogen) atoms. The number of fused-ring (bicyclic) bond motifs is 2. The lowest BCUT2D eigenvalue weighted by molar-refractivity contribution is 0.0691. The Bertz CT molecular complexity index is 1500. The third-order valence-corrected chi connectivity index (χ3v) is 7.58. The summed E-state index contributed by atoms with van der Waals surface area (Å²) in [4.78, 5) is 30.3. The van der Waals surface area contributed by atoms with E-state index in [1.54, 1.807) is 21.8 Å². The van der Waals surface area contributed by atoms with Crippen molar-refractivity contribution in [3.8, 4) is 11.4 Å². The van der Waals surface area contributed by atoms with Crippen LogP contribution >= 0.6 is 11.6 Å². The van der Waals surface area contributed by atoms with Crippen molar-refractivity contribution in [1.29, 1.82) is 0 Å². The van der Waals surface area contributed by atoms with Gasteiger partial charge < -0.3 is 19.9 Å². The Morgan fingerprint density at radius 3 is 2.83 bits per heavy atom. The van der Waals surface area contributed by atoms with E-state index in [0.29, 0.717) is 29.7 Å². The molecule has 10 heteroatoms. The first-order valence-electron chi connectivity index (χ1n) is 12.3. The van der Waals surface area contributed by atoms with E-state index in [-0.39, 0.29) is 11.9 Å². The number of carbonyl (C=O) groups excluding carboxylic acids is 1. The molecular weight excluding hydrogens is 480 g/mol. The Kier molecular flexibility index (Phi) is 5.59. The van der Waals surface area contributed by atoms with Gasteiger partial charge in [-0.2, -0.15) is 5.10 Å². The smallest absolute Gasteiger partial charge is 0.404 e. The predicted octanol–water partition coefficient (Wildman–Crippen LogP) is 4.60. The number of aromatic nitrogens is 4. The highest BCUT2D eigenvalue weighted by Crippen LogP contribution is 2.38. The average Bonchev–Trinajstić information content (AvgIpc) is 3.52. The molecule has 2 amide bonds. The summed E-state index contributed by atoms with van der Waals surface area (Å²) >= 11 is 6.52. The first kappa shape index (κ1) is 22.8. The van der Waals surface area contributed by atoms with Crippen LogP contribution in [0, 0.1) is 12.8 Å². The summed E-state index contributed by atoms with van der Waals surface area (Å²) in [6, 6.07) is 7.59. The minimum absolute atomic E-state index is 0.121. The minimum Gasteiger partial charge on any atom is -0.465 e. The van der Waals surface area contributed by atoms with E-state index in [1.165, 1.54) is 12.8 Å². The molecule has 2 N–H and O–H groups in total. The zero-order chi connectivity index (χ0) is 25.0. The van der Waals surface area contributed by atoms with Gasteiger partial charge in [0.2, 0.25) is 0 Å². The lowest BCUT2D eigenvalue weighted by atomic mass is 10.0. The fraction of sp³-hybridized carbons (Fsp3) is 0.385. The molecule has 186 valence electrons. The SMILES string of the molecule is Cc1c(-c2cc3ccnc(Cl)c3n2CC2CC2)nn2cc(C(=O)N3CCCC(NC(=O)O)C3)ccc12. The molecule has 4 aromatic rings. The average molecular weight is 507 g/mol. The van der Waals surface area contributed by atoms with E-state index < -0.39 is 6.09 Å². The molecule has 0 aromatic carbocycles. The Morgan fingerprint density at radius 2 is 2.06 bits per heavy atom. The van der Waals surface area contributed by atoms with Crippen LogP contribution in [0.1, 0.15) is 41.6 Å². The van der Waals surface area contributed by atoms with Crippen molar-refractivity contribution in [2.75, 3.05) is 13.1 Å². The van der Waals surface area contributed by atoms with Crippen LogP contribution in [-0.2, 0) is 6.54 Å². The maximum absolute atomic E-state index is 13.3. The normalized spacial score (nSPS) is 18.2. The number of halogens is 1. The number of carboxylic acid groups (broad SMARTS) is 1. The van der Waals surface area contributed by atoms with Gasteiger partial charge in [0.15, 0.2) is 5.15 Å². The molecule has 2 fully saturated rings. The van der Waals surface area contributed by atoms with Crippen LogP contribution in [0.4, 0.5) is 4.79 Å². The summed E-state index contributed by atoms with van der Waals surface area (Å²) in [6.07, 6.45) is 6.34. The summed E-state index contributed by atoms with van der Waals surface area (Å²) < 4.78 is 4.01. The van der Waals surface area contributed by atoms with Gasteiger partial charge >= 0.3 is 6.09 Å². The predicted molar refractivity (Wildman–Crippen MR) is 136 cm³/mol. The Morgan fingerprint density at radius 1 is 1.22 bits per heavy atom. The minimum atomic E-state index is -1.06. The van der Waals surface area contributed by atoms with Crippen LogP contribution in [0.3, 0.4) is 0 Å². The van der Waals surface area contributed by atoms with Gasteiger partial charge in [-0.25, -0.2) is 14.3 Å². The van der Waals surface area contributed by atoms with Crippen LogP contribution in [0.2, 0.25) is 5.15 Å². The van der Waals surface area contributed by atoms with Crippen LogP contribution in [0.25, 0.3) is 27.8 Å². The van der Waals surface area contributed by atoms with Gasteiger partial charge in [-0.1, -0.05) is 11.6 Å². The molecule has 1 atom stereocenters. The second kappa shape index (κ2) is 8.81. The molecule has 1 saturated heterocycles. The van der Waals surface area contributed by atoms with Crippen LogP contribution < -0.4 is 5.32 Å². The maximum atomic E-state index is 13.3. The molecule has 0 radical (unpaired) electrons. The first-order valence-corrected chi connectivity index (χ1v) is 12.7. The molecule has 4 aromatic heterocycles. The van der Waals surface area contributed by atoms with E-state index in [9.17, 15) is 9.59 Å². The quantitative estimate of drug-likeness (QED) is 0.385. The topological polar surface area (TPSA) is 105 Å². The van der Waals surface area contributed by atoms with Crippen molar-refractivity contribution in [1.82, 2.24) is 29.4 Å². The standard InChI is InChI=1S/C26H27ClN6O3/c1-15-20-7-6-18(25(34)31-10-2-3-19(14-31)29-26(35)36)13-33(20)30-22(15)21-11-17-8-9-28-24(27)23(17)32(21)12-16-4-5-16/h6-9,11,13,16,19,29H,2-5,10,12,14H2,1H3,(H,35,36). The zero-order valence-electron chi connectivity index (χ0n) is 19.9. The Labute approximate surface area is 212 Å². The molecule has 0 spiro atoms.